The van der Waals surface area contributed by atoms with Crippen LogP contribution >= 0.6 is 0 Å². The molecule has 0 amide bonds. The first-order valence-corrected chi connectivity index (χ1v) is 2.78. The fourth-order valence-electron chi connectivity index (χ4n) is 0.902. The van der Waals surface area contributed by atoms with Gasteiger partial charge in [0.2, 0.25) is 0 Å². The van der Waals surface area contributed by atoms with Gasteiger partial charge in [0.25, 0.3) is 0 Å². The summed E-state index contributed by atoms with van der Waals surface area (Å²) in [5.74, 6) is 0.185. The van der Waals surface area contributed by atoms with E-state index < -0.39 is 6.10 Å². The first-order chi connectivity index (χ1) is 3.72. The van der Waals surface area contributed by atoms with Crippen LogP contribution in [0.2, 0.25) is 0 Å². The van der Waals surface area contributed by atoms with Gasteiger partial charge >= 0.3 is 0 Å². The molecule has 2 nitrogen and oxygen atoms in total. The molecule has 1 unspecified atom stereocenters. The molecule has 46 valence electrons. The van der Waals surface area contributed by atoms with Crippen molar-refractivity contribution in [1.29, 1.82) is 0 Å². The van der Waals surface area contributed by atoms with Gasteiger partial charge < -0.3 is 10.2 Å². The largest absolute Gasteiger partial charge is 0.510 e. The summed E-state index contributed by atoms with van der Waals surface area (Å²) >= 11 is 0. The predicted octanol–water partition coefficient (Wildman–Crippen LogP) is 0.973. The standard InChI is InChI=1S/C6H10O2/c1-4-2-3-5(7)6(4)8/h5,7-8H,2-3H2,1H3. The summed E-state index contributed by atoms with van der Waals surface area (Å²) in [4.78, 5) is 0. The summed E-state index contributed by atoms with van der Waals surface area (Å²) in [6.45, 7) is 1.84. The van der Waals surface area contributed by atoms with Crippen LogP contribution in [0, 0.1) is 0 Å². The van der Waals surface area contributed by atoms with Gasteiger partial charge in [0.1, 0.15) is 11.9 Å². The van der Waals surface area contributed by atoms with Crippen molar-refractivity contribution >= 4 is 0 Å². The Balaban J connectivity index is 2.71. The Bertz CT molecular complexity index is 126. The Labute approximate surface area is 48.5 Å². The minimum atomic E-state index is -0.574. The molecule has 0 aliphatic heterocycles. The number of aliphatic hydroxyl groups is 2. The van der Waals surface area contributed by atoms with Crippen molar-refractivity contribution in [3.05, 3.63) is 11.3 Å². The fourth-order valence-corrected chi connectivity index (χ4v) is 0.902. The van der Waals surface area contributed by atoms with Crippen molar-refractivity contribution in [1.82, 2.24) is 0 Å². The normalized spacial score (nSPS) is 29.5. The number of allylic oxidation sites excluding steroid dienone is 1. The topological polar surface area (TPSA) is 40.5 Å². The first kappa shape index (κ1) is 5.63. The lowest BCUT2D eigenvalue weighted by molar-refractivity contribution is 0.158. The molecule has 0 radical (unpaired) electrons. The average Bonchev–Trinajstić information content (AvgIpc) is 1.98. The van der Waals surface area contributed by atoms with E-state index in [2.05, 4.69) is 0 Å². The van der Waals surface area contributed by atoms with E-state index >= 15 is 0 Å². The van der Waals surface area contributed by atoms with E-state index in [1.54, 1.807) is 0 Å². The molecule has 0 bridgehead atoms. The van der Waals surface area contributed by atoms with E-state index in [9.17, 15) is 0 Å². The monoisotopic (exact) mass is 114 g/mol. The van der Waals surface area contributed by atoms with Crippen LogP contribution in [-0.2, 0) is 0 Å². The van der Waals surface area contributed by atoms with Gasteiger partial charge in [-0.1, -0.05) is 0 Å². The van der Waals surface area contributed by atoms with Crippen LogP contribution in [0.4, 0.5) is 0 Å². The van der Waals surface area contributed by atoms with E-state index in [1.807, 2.05) is 6.92 Å². The van der Waals surface area contributed by atoms with Gasteiger partial charge in [0.05, 0.1) is 0 Å². The maximum Gasteiger partial charge on any atom is 0.120 e. The Morgan fingerprint density at radius 1 is 1.62 bits per heavy atom. The predicted molar refractivity (Wildman–Crippen MR) is 30.6 cm³/mol. The number of aliphatic hydroxyl groups excluding tert-OH is 2. The maximum atomic E-state index is 8.90. The molecule has 0 aromatic heterocycles. The maximum absolute atomic E-state index is 8.90. The van der Waals surface area contributed by atoms with Crippen molar-refractivity contribution in [2.45, 2.75) is 25.9 Å². The van der Waals surface area contributed by atoms with Crippen LogP contribution in [0.15, 0.2) is 11.3 Å². The zero-order valence-electron chi connectivity index (χ0n) is 4.89. The summed E-state index contributed by atoms with van der Waals surface area (Å²) in [5.41, 5.74) is 0.928. The van der Waals surface area contributed by atoms with Crippen LogP contribution in [0.5, 0.6) is 0 Å². The Hall–Kier alpha value is -0.500. The highest BCUT2D eigenvalue weighted by Crippen LogP contribution is 2.22. The molecule has 1 atom stereocenters. The highest BCUT2D eigenvalue weighted by Gasteiger charge is 2.18. The second-order valence-corrected chi connectivity index (χ2v) is 2.22. The van der Waals surface area contributed by atoms with Gasteiger partial charge in [-0.05, 0) is 25.3 Å². The third kappa shape index (κ3) is 0.713. The molecular formula is C6H10O2. The second-order valence-electron chi connectivity index (χ2n) is 2.22. The minimum absolute atomic E-state index is 0.185. The molecular weight excluding hydrogens is 104 g/mol. The molecule has 1 aliphatic carbocycles. The average molecular weight is 114 g/mol. The van der Waals surface area contributed by atoms with Crippen molar-refractivity contribution in [2.24, 2.45) is 0 Å². The van der Waals surface area contributed by atoms with E-state index in [0.29, 0.717) is 6.42 Å². The molecule has 0 fully saturated rings. The third-order valence-electron chi connectivity index (χ3n) is 1.55. The summed E-state index contributed by atoms with van der Waals surface area (Å²) in [6.07, 6.45) is 0.958. The van der Waals surface area contributed by atoms with Gasteiger partial charge in [-0.3, -0.25) is 0 Å². The number of hydrogen-bond donors (Lipinski definition) is 2. The lowest BCUT2D eigenvalue weighted by Crippen LogP contribution is -2.02. The van der Waals surface area contributed by atoms with Crippen molar-refractivity contribution in [2.75, 3.05) is 0 Å². The molecule has 2 N–H and O–H groups in total. The lowest BCUT2D eigenvalue weighted by Gasteiger charge is -1.97. The quantitative estimate of drug-likeness (QED) is 0.492. The van der Waals surface area contributed by atoms with Gasteiger partial charge in [0, 0.05) is 0 Å². The highest BCUT2D eigenvalue weighted by atomic mass is 16.3. The summed E-state index contributed by atoms with van der Waals surface area (Å²) in [5, 5.41) is 17.8. The number of rotatable bonds is 0. The first-order valence-electron chi connectivity index (χ1n) is 2.78. The van der Waals surface area contributed by atoms with Gasteiger partial charge in [-0.2, -0.15) is 0 Å². The zero-order chi connectivity index (χ0) is 6.15. The summed E-state index contributed by atoms with van der Waals surface area (Å²) < 4.78 is 0. The van der Waals surface area contributed by atoms with Gasteiger partial charge in [-0.15, -0.1) is 0 Å². The van der Waals surface area contributed by atoms with Crippen LogP contribution < -0.4 is 0 Å². The van der Waals surface area contributed by atoms with Crippen LogP contribution in [0.3, 0.4) is 0 Å². The highest BCUT2D eigenvalue weighted by molar-refractivity contribution is 5.14. The molecule has 1 aliphatic rings. The minimum Gasteiger partial charge on any atom is -0.510 e. The van der Waals surface area contributed by atoms with Crippen molar-refractivity contribution in [3.8, 4) is 0 Å². The molecule has 1 rings (SSSR count). The van der Waals surface area contributed by atoms with E-state index in [1.165, 1.54) is 0 Å². The molecule has 0 spiro atoms. The Kier molecular flexibility index (Phi) is 1.26. The van der Waals surface area contributed by atoms with Gasteiger partial charge in [-0.25, -0.2) is 0 Å². The Morgan fingerprint density at radius 3 is 2.38 bits per heavy atom. The van der Waals surface area contributed by atoms with Crippen LogP contribution in [0.1, 0.15) is 19.8 Å². The van der Waals surface area contributed by atoms with E-state index in [4.69, 9.17) is 10.2 Å². The van der Waals surface area contributed by atoms with Crippen molar-refractivity contribution in [3.63, 3.8) is 0 Å². The molecule has 8 heavy (non-hydrogen) atoms. The number of hydrogen-bond acceptors (Lipinski definition) is 2. The zero-order valence-corrected chi connectivity index (χ0v) is 4.89. The van der Waals surface area contributed by atoms with Crippen LogP contribution in [0.25, 0.3) is 0 Å². The molecule has 0 aromatic carbocycles. The second kappa shape index (κ2) is 1.78. The van der Waals surface area contributed by atoms with E-state index in [0.717, 1.165) is 12.0 Å². The summed E-state index contributed by atoms with van der Waals surface area (Å²) in [7, 11) is 0. The van der Waals surface area contributed by atoms with Gasteiger partial charge in [0.15, 0.2) is 0 Å². The molecule has 0 saturated carbocycles. The van der Waals surface area contributed by atoms with Crippen molar-refractivity contribution < 1.29 is 10.2 Å². The summed E-state index contributed by atoms with van der Waals surface area (Å²) in [6, 6.07) is 0. The smallest absolute Gasteiger partial charge is 0.120 e. The molecule has 0 heterocycles. The molecule has 2 heteroatoms. The SMILES string of the molecule is CC1=C(O)C(O)CC1. The van der Waals surface area contributed by atoms with E-state index in [-0.39, 0.29) is 5.76 Å². The molecule has 0 saturated heterocycles. The molecule has 0 aromatic rings. The third-order valence-corrected chi connectivity index (χ3v) is 1.55. The lowest BCUT2D eigenvalue weighted by atomic mass is 10.3. The Morgan fingerprint density at radius 2 is 2.25 bits per heavy atom. The fraction of sp³-hybridized carbons (Fsp3) is 0.667. The van der Waals surface area contributed by atoms with Crippen LogP contribution in [-0.4, -0.2) is 16.3 Å².